The first-order chi connectivity index (χ1) is 12.2. The molecule has 0 spiro atoms. The lowest BCUT2D eigenvalue weighted by Gasteiger charge is -2.26. The van der Waals surface area contributed by atoms with E-state index in [0.29, 0.717) is 12.5 Å². The summed E-state index contributed by atoms with van der Waals surface area (Å²) < 4.78 is 47.5. The Morgan fingerprint density at radius 2 is 1.96 bits per heavy atom. The summed E-state index contributed by atoms with van der Waals surface area (Å²) in [6.45, 7) is 5.14. The third kappa shape index (κ3) is 6.85. The highest BCUT2D eigenvalue weighted by Crippen LogP contribution is 2.31. The molecule has 2 rings (SSSR count). The number of ether oxygens (including phenoxy) is 1. The van der Waals surface area contributed by atoms with Gasteiger partial charge in [0.2, 0.25) is 10.0 Å². The van der Waals surface area contributed by atoms with Crippen LogP contribution >= 0.6 is 0 Å². The van der Waals surface area contributed by atoms with Crippen LogP contribution in [0.1, 0.15) is 52.4 Å². The molecule has 0 amide bonds. The summed E-state index contributed by atoms with van der Waals surface area (Å²) in [6, 6.07) is 3.72. The lowest BCUT2D eigenvalue weighted by molar-refractivity contribution is 0.284. The van der Waals surface area contributed by atoms with Gasteiger partial charge < -0.3 is 10.1 Å². The van der Waals surface area contributed by atoms with Crippen molar-refractivity contribution in [3.05, 3.63) is 24.0 Å². The second-order valence-electron chi connectivity index (χ2n) is 7.75. The SMILES string of the molecule is CNCCCCCC(C)(C)NS(=O)(=O)c1ccc(F)c(OCC2CC2)c1. The smallest absolute Gasteiger partial charge is 0.241 e. The van der Waals surface area contributed by atoms with Crippen molar-refractivity contribution in [2.45, 2.75) is 62.8 Å². The fourth-order valence-corrected chi connectivity index (χ4v) is 4.23. The zero-order valence-corrected chi connectivity index (χ0v) is 16.8. The molecule has 1 aromatic carbocycles. The second-order valence-corrected chi connectivity index (χ2v) is 9.43. The third-order valence-electron chi connectivity index (χ3n) is 4.52. The number of benzene rings is 1. The van der Waals surface area contributed by atoms with Crippen molar-refractivity contribution in [1.29, 1.82) is 0 Å². The fourth-order valence-electron chi connectivity index (χ4n) is 2.77. The largest absolute Gasteiger partial charge is 0.490 e. The van der Waals surface area contributed by atoms with Crippen molar-refractivity contribution >= 4 is 10.0 Å². The molecule has 0 unspecified atom stereocenters. The number of nitrogens with one attached hydrogen (secondary N) is 2. The van der Waals surface area contributed by atoms with Gasteiger partial charge in [0, 0.05) is 11.6 Å². The number of sulfonamides is 1. The summed E-state index contributed by atoms with van der Waals surface area (Å²) in [5, 5.41) is 3.10. The summed E-state index contributed by atoms with van der Waals surface area (Å²) >= 11 is 0. The van der Waals surface area contributed by atoms with Crippen molar-refractivity contribution in [2.75, 3.05) is 20.2 Å². The first-order valence-corrected chi connectivity index (χ1v) is 10.8. The van der Waals surface area contributed by atoms with E-state index in [1.807, 2.05) is 20.9 Å². The summed E-state index contributed by atoms with van der Waals surface area (Å²) in [4.78, 5) is 0.0351. The molecule has 0 atom stereocenters. The Morgan fingerprint density at radius 1 is 1.23 bits per heavy atom. The zero-order chi connectivity index (χ0) is 19.2. The van der Waals surface area contributed by atoms with Crippen molar-refractivity contribution in [3.63, 3.8) is 0 Å². The monoisotopic (exact) mass is 386 g/mol. The van der Waals surface area contributed by atoms with E-state index in [9.17, 15) is 12.8 Å². The maximum atomic E-state index is 13.9. The number of hydrogen-bond acceptors (Lipinski definition) is 4. The van der Waals surface area contributed by atoms with Crippen LogP contribution in [0.5, 0.6) is 5.75 Å². The Labute approximate surface area is 156 Å². The molecular formula is C19H31FN2O3S. The van der Waals surface area contributed by atoms with Crippen molar-refractivity contribution in [2.24, 2.45) is 5.92 Å². The lowest BCUT2D eigenvalue weighted by atomic mass is 9.98. The van der Waals surface area contributed by atoms with Gasteiger partial charge in [-0.1, -0.05) is 12.8 Å². The molecule has 148 valence electrons. The van der Waals surface area contributed by atoms with Gasteiger partial charge in [-0.2, -0.15) is 0 Å². The summed E-state index contributed by atoms with van der Waals surface area (Å²) in [6.07, 6.45) is 5.96. The maximum absolute atomic E-state index is 13.9. The van der Waals surface area contributed by atoms with Gasteiger partial charge in [-0.25, -0.2) is 17.5 Å². The van der Waals surface area contributed by atoms with E-state index in [4.69, 9.17) is 4.74 Å². The van der Waals surface area contributed by atoms with Crippen LogP contribution in [0.15, 0.2) is 23.1 Å². The highest BCUT2D eigenvalue weighted by Gasteiger charge is 2.27. The van der Waals surface area contributed by atoms with E-state index in [1.165, 1.54) is 12.1 Å². The normalized spacial score (nSPS) is 15.2. The molecule has 1 aromatic rings. The Balaban J connectivity index is 1.97. The topological polar surface area (TPSA) is 67.4 Å². The maximum Gasteiger partial charge on any atom is 0.241 e. The molecular weight excluding hydrogens is 355 g/mol. The minimum Gasteiger partial charge on any atom is -0.490 e. The molecule has 26 heavy (non-hydrogen) atoms. The Morgan fingerprint density at radius 3 is 2.62 bits per heavy atom. The Kier molecular flexibility index (Phi) is 7.43. The van der Waals surface area contributed by atoms with Crippen LogP contribution in [0.25, 0.3) is 0 Å². The molecule has 0 radical (unpaired) electrons. The van der Waals surface area contributed by atoms with Gasteiger partial charge in [0.15, 0.2) is 11.6 Å². The van der Waals surface area contributed by atoms with Gasteiger partial charge in [-0.3, -0.25) is 0 Å². The summed E-state index contributed by atoms with van der Waals surface area (Å²) in [7, 11) is -1.82. The summed E-state index contributed by atoms with van der Waals surface area (Å²) in [5.74, 6) is -0.0623. The highest BCUT2D eigenvalue weighted by atomic mass is 32.2. The van der Waals surface area contributed by atoms with E-state index in [2.05, 4.69) is 10.0 Å². The molecule has 7 heteroatoms. The third-order valence-corrected chi connectivity index (χ3v) is 6.22. The number of unbranched alkanes of at least 4 members (excludes halogenated alkanes) is 2. The van der Waals surface area contributed by atoms with E-state index < -0.39 is 21.4 Å². The molecule has 0 aromatic heterocycles. The van der Waals surface area contributed by atoms with Gasteiger partial charge in [0.05, 0.1) is 11.5 Å². The zero-order valence-electron chi connectivity index (χ0n) is 16.0. The predicted octanol–water partition coefficient (Wildman–Crippen LogP) is 3.45. The minimum absolute atomic E-state index is 0.00430. The number of rotatable bonds is 12. The van der Waals surface area contributed by atoms with Gasteiger partial charge in [-0.15, -0.1) is 0 Å². The van der Waals surface area contributed by atoms with Gasteiger partial charge in [-0.05, 0) is 71.2 Å². The molecule has 0 aliphatic heterocycles. The number of hydrogen-bond donors (Lipinski definition) is 2. The molecule has 2 N–H and O–H groups in total. The highest BCUT2D eigenvalue weighted by molar-refractivity contribution is 7.89. The molecule has 1 aliphatic rings. The van der Waals surface area contributed by atoms with Crippen LogP contribution in [0, 0.1) is 11.7 Å². The molecule has 1 aliphatic carbocycles. The van der Waals surface area contributed by atoms with E-state index in [-0.39, 0.29) is 10.6 Å². The first-order valence-electron chi connectivity index (χ1n) is 9.34. The van der Waals surface area contributed by atoms with Crippen molar-refractivity contribution < 1.29 is 17.5 Å². The average Bonchev–Trinajstić information content (AvgIpc) is 3.37. The van der Waals surface area contributed by atoms with Crippen LogP contribution < -0.4 is 14.8 Å². The van der Waals surface area contributed by atoms with Crippen molar-refractivity contribution in [1.82, 2.24) is 10.0 Å². The Hall–Kier alpha value is -1.18. The van der Waals surface area contributed by atoms with Crippen LogP contribution in [0.2, 0.25) is 0 Å². The average molecular weight is 387 g/mol. The molecule has 0 bridgehead atoms. The van der Waals surface area contributed by atoms with E-state index in [1.54, 1.807) is 0 Å². The van der Waals surface area contributed by atoms with Gasteiger partial charge in [0.1, 0.15) is 0 Å². The first kappa shape index (κ1) is 21.1. The summed E-state index contributed by atoms with van der Waals surface area (Å²) in [5.41, 5.74) is -0.568. The van der Waals surface area contributed by atoms with Crippen LogP contribution in [-0.4, -0.2) is 34.2 Å². The van der Waals surface area contributed by atoms with E-state index >= 15 is 0 Å². The standard InChI is InChI=1S/C19H31FN2O3S/c1-19(2,11-5-4-6-12-21-3)22-26(23,24)16-9-10-17(20)18(13-16)25-14-15-7-8-15/h9-10,13,15,21-22H,4-8,11-12,14H2,1-3H3. The molecule has 1 fully saturated rings. The van der Waals surface area contributed by atoms with Crippen LogP contribution in [-0.2, 0) is 10.0 Å². The lowest BCUT2D eigenvalue weighted by Crippen LogP contribution is -2.43. The molecule has 5 nitrogen and oxygen atoms in total. The molecule has 0 saturated heterocycles. The number of halogens is 1. The fraction of sp³-hybridized carbons (Fsp3) is 0.684. The predicted molar refractivity (Wildman–Crippen MR) is 101 cm³/mol. The van der Waals surface area contributed by atoms with E-state index in [0.717, 1.165) is 51.1 Å². The van der Waals surface area contributed by atoms with Crippen LogP contribution in [0.3, 0.4) is 0 Å². The molecule has 0 heterocycles. The van der Waals surface area contributed by atoms with Gasteiger partial charge >= 0.3 is 0 Å². The van der Waals surface area contributed by atoms with Gasteiger partial charge in [0.25, 0.3) is 0 Å². The Bertz CT molecular complexity index is 688. The van der Waals surface area contributed by atoms with Crippen molar-refractivity contribution in [3.8, 4) is 5.75 Å². The molecule has 1 saturated carbocycles. The quantitative estimate of drug-likeness (QED) is 0.540. The second kappa shape index (κ2) is 9.15. The van der Waals surface area contributed by atoms with Crippen LogP contribution in [0.4, 0.5) is 4.39 Å². The minimum atomic E-state index is -3.74.